The summed E-state index contributed by atoms with van der Waals surface area (Å²) in [6, 6.07) is 8.07. The Morgan fingerprint density at radius 2 is 2.19 bits per heavy atom. The van der Waals surface area contributed by atoms with Crippen molar-refractivity contribution >= 4 is 45.2 Å². The molecule has 0 bridgehead atoms. The van der Waals surface area contributed by atoms with Gasteiger partial charge < -0.3 is 9.88 Å². The van der Waals surface area contributed by atoms with Crippen LogP contribution in [0.15, 0.2) is 34.8 Å². The molecule has 3 aromatic rings. The van der Waals surface area contributed by atoms with Gasteiger partial charge in [0.05, 0.1) is 16.7 Å². The van der Waals surface area contributed by atoms with Gasteiger partial charge in [-0.2, -0.15) is 0 Å². The van der Waals surface area contributed by atoms with Crippen molar-refractivity contribution in [3.63, 3.8) is 0 Å². The zero-order valence-corrected chi connectivity index (χ0v) is 13.3. The van der Waals surface area contributed by atoms with E-state index in [0.717, 1.165) is 27.6 Å². The van der Waals surface area contributed by atoms with Gasteiger partial charge in [0.2, 0.25) is 5.91 Å². The number of imidazole rings is 1. The molecule has 0 aliphatic rings. The van der Waals surface area contributed by atoms with Gasteiger partial charge in [-0.25, -0.2) is 9.97 Å². The molecule has 7 heteroatoms. The van der Waals surface area contributed by atoms with Gasteiger partial charge in [-0.1, -0.05) is 23.9 Å². The number of hydrogen-bond acceptors (Lipinski definition) is 5. The lowest BCUT2D eigenvalue weighted by molar-refractivity contribution is -0.114. The third-order valence-electron chi connectivity index (χ3n) is 2.93. The Balaban J connectivity index is 1.73. The van der Waals surface area contributed by atoms with Crippen LogP contribution in [0.5, 0.6) is 0 Å². The second-order valence-corrected chi connectivity index (χ2v) is 6.36. The molecule has 0 fully saturated rings. The second-order valence-electron chi connectivity index (χ2n) is 4.56. The molecular weight excluding hydrogens is 304 g/mol. The predicted molar refractivity (Wildman–Crippen MR) is 86.7 cm³/mol. The minimum Gasteiger partial charge on any atom is -0.322 e. The summed E-state index contributed by atoms with van der Waals surface area (Å²) in [5.74, 6) is 0.631. The number of carbonyl (C=O) groups excluding carboxylic acids is 1. The smallest absolute Gasteiger partial charge is 0.223 e. The van der Waals surface area contributed by atoms with E-state index in [0.29, 0.717) is 5.13 Å². The second kappa shape index (κ2) is 5.87. The minimum absolute atomic E-state index is 0.0982. The summed E-state index contributed by atoms with van der Waals surface area (Å²) in [5, 5.41) is 6.26. The molecule has 0 saturated carbocycles. The van der Waals surface area contributed by atoms with Crippen LogP contribution in [0.4, 0.5) is 5.13 Å². The van der Waals surface area contributed by atoms with Gasteiger partial charge >= 0.3 is 0 Å². The highest BCUT2D eigenvalue weighted by molar-refractivity contribution is 7.98. The summed E-state index contributed by atoms with van der Waals surface area (Å²) in [4.78, 5) is 20.0. The van der Waals surface area contributed by atoms with Gasteiger partial charge in [-0.05, 0) is 12.1 Å². The van der Waals surface area contributed by atoms with Gasteiger partial charge in [-0.3, -0.25) is 4.79 Å². The Bertz CT molecular complexity index is 793. The van der Waals surface area contributed by atoms with Gasteiger partial charge in [0.25, 0.3) is 0 Å². The third-order valence-corrected chi connectivity index (χ3v) is 4.80. The number of aryl methyl sites for hydroxylation is 1. The molecule has 1 aromatic carbocycles. The standard InChI is InChI=1S/C14H14N4OS2/c1-9(19)15-13-16-10(7-20-13)8-21-14-17-11-5-3-4-6-12(11)18(14)2/h3-7H,8H2,1-2H3,(H,15,16,19). The van der Waals surface area contributed by atoms with Crippen LogP contribution in [0, 0.1) is 0 Å². The van der Waals surface area contributed by atoms with Crippen LogP contribution in [0.3, 0.4) is 0 Å². The van der Waals surface area contributed by atoms with Crippen LogP contribution in [0.25, 0.3) is 11.0 Å². The molecule has 108 valence electrons. The van der Waals surface area contributed by atoms with E-state index in [1.54, 1.807) is 11.8 Å². The largest absolute Gasteiger partial charge is 0.322 e. The Kier molecular flexibility index (Phi) is 3.94. The van der Waals surface area contributed by atoms with Crippen molar-refractivity contribution in [1.29, 1.82) is 0 Å². The summed E-state index contributed by atoms with van der Waals surface area (Å²) in [6.45, 7) is 1.48. The molecule has 2 heterocycles. The molecule has 0 atom stereocenters. The number of thiazole rings is 1. The Morgan fingerprint density at radius 1 is 1.38 bits per heavy atom. The SMILES string of the molecule is CC(=O)Nc1nc(CSc2nc3ccccc3n2C)cs1. The van der Waals surface area contributed by atoms with E-state index >= 15 is 0 Å². The molecule has 1 amide bonds. The number of benzene rings is 1. The van der Waals surface area contributed by atoms with Crippen molar-refractivity contribution in [2.24, 2.45) is 7.05 Å². The Morgan fingerprint density at radius 3 is 2.95 bits per heavy atom. The molecule has 3 rings (SSSR count). The number of anilines is 1. The number of nitrogens with zero attached hydrogens (tertiary/aromatic N) is 3. The lowest BCUT2D eigenvalue weighted by Gasteiger charge is -2.00. The highest BCUT2D eigenvalue weighted by Crippen LogP contribution is 2.27. The molecule has 0 saturated heterocycles. The number of amides is 1. The number of rotatable bonds is 4. The first-order valence-electron chi connectivity index (χ1n) is 6.40. The average Bonchev–Trinajstić information content (AvgIpc) is 3.02. The van der Waals surface area contributed by atoms with Crippen LogP contribution in [0.2, 0.25) is 0 Å². The van der Waals surface area contributed by atoms with Crippen molar-refractivity contribution in [2.75, 3.05) is 5.32 Å². The highest BCUT2D eigenvalue weighted by atomic mass is 32.2. The quantitative estimate of drug-likeness (QED) is 0.750. The fraction of sp³-hybridized carbons (Fsp3) is 0.214. The summed E-state index contributed by atoms with van der Waals surface area (Å²) in [6.07, 6.45) is 0. The highest BCUT2D eigenvalue weighted by Gasteiger charge is 2.09. The van der Waals surface area contributed by atoms with E-state index in [2.05, 4.69) is 25.9 Å². The average molecular weight is 318 g/mol. The first kappa shape index (κ1) is 14.1. The molecule has 0 radical (unpaired) electrons. The number of carbonyl (C=O) groups is 1. The molecule has 1 N–H and O–H groups in total. The van der Waals surface area contributed by atoms with Gasteiger partial charge in [0.1, 0.15) is 0 Å². The number of fused-ring (bicyclic) bond motifs is 1. The molecule has 2 aromatic heterocycles. The number of para-hydroxylation sites is 2. The van der Waals surface area contributed by atoms with Gasteiger partial charge in [0.15, 0.2) is 10.3 Å². The maximum absolute atomic E-state index is 11.0. The zero-order valence-electron chi connectivity index (χ0n) is 11.7. The van der Waals surface area contributed by atoms with Crippen LogP contribution in [0.1, 0.15) is 12.6 Å². The molecular formula is C14H14N4OS2. The van der Waals surface area contributed by atoms with E-state index < -0.39 is 0 Å². The maximum Gasteiger partial charge on any atom is 0.223 e. The van der Waals surface area contributed by atoms with Crippen molar-refractivity contribution in [2.45, 2.75) is 17.8 Å². The lowest BCUT2D eigenvalue weighted by Crippen LogP contribution is -2.05. The maximum atomic E-state index is 11.0. The van der Waals surface area contributed by atoms with E-state index in [-0.39, 0.29) is 5.91 Å². The topological polar surface area (TPSA) is 59.8 Å². The van der Waals surface area contributed by atoms with E-state index in [9.17, 15) is 4.79 Å². The summed E-state index contributed by atoms with van der Waals surface area (Å²) < 4.78 is 2.08. The van der Waals surface area contributed by atoms with E-state index in [4.69, 9.17) is 0 Å². The van der Waals surface area contributed by atoms with E-state index in [1.165, 1.54) is 18.3 Å². The Labute approximate surface area is 130 Å². The zero-order chi connectivity index (χ0) is 14.8. The molecule has 0 unspecified atom stereocenters. The third kappa shape index (κ3) is 3.08. The summed E-state index contributed by atoms with van der Waals surface area (Å²) >= 11 is 3.08. The number of aromatic nitrogens is 3. The number of hydrogen-bond donors (Lipinski definition) is 1. The lowest BCUT2D eigenvalue weighted by atomic mass is 10.3. The molecule has 0 spiro atoms. The van der Waals surface area contributed by atoms with Crippen molar-refractivity contribution in [1.82, 2.24) is 14.5 Å². The van der Waals surface area contributed by atoms with Gasteiger partial charge in [0, 0.05) is 25.1 Å². The van der Waals surface area contributed by atoms with Crippen molar-refractivity contribution in [3.05, 3.63) is 35.3 Å². The van der Waals surface area contributed by atoms with Crippen LogP contribution < -0.4 is 5.32 Å². The summed E-state index contributed by atoms with van der Waals surface area (Å²) in [5.41, 5.74) is 3.07. The first-order valence-corrected chi connectivity index (χ1v) is 8.26. The molecule has 0 aliphatic carbocycles. The number of nitrogens with one attached hydrogen (secondary N) is 1. The molecule has 5 nitrogen and oxygen atoms in total. The monoisotopic (exact) mass is 318 g/mol. The molecule has 0 aliphatic heterocycles. The fourth-order valence-electron chi connectivity index (χ4n) is 1.97. The normalized spacial score (nSPS) is 11.0. The van der Waals surface area contributed by atoms with Gasteiger partial charge in [-0.15, -0.1) is 11.3 Å². The van der Waals surface area contributed by atoms with E-state index in [1.807, 2.05) is 30.6 Å². The predicted octanol–water partition coefficient (Wildman–Crippen LogP) is 3.28. The molecule has 21 heavy (non-hydrogen) atoms. The van der Waals surface area contributed by atoms with Crippen LogP contribution >= 0.6 is 23.1 Å². The number of thioether (sulfide) groups is 1. The fourth-order valence-corrected chi connectivity index (χ4v) is 3.71. The first-order chi connectivity index (χ1) is 10.1. The van der Waals surface area contributed by atoms with Crippen LogP contribution in [-0.2, 0) is 17.6 Å². The minimum atomic E-state index is -0.0982. The van der Waals surface area contributed by atoms with Crippen LogP contribution in [-0.4, -0.2) is 20.4 Å². The Hall–Kier alpha value is -1.86. The van der Waals surface area contributed by atoms with Crippen molar-refractivity contribution in [3.8, 4) is 0 Å². The summed E-state index contributed by atoms with van der Waals surface area (Å²) in [7, 11) is 2.02. The van der Waals surface area contributed by atoms with Crippen molar-refractivity contribution < 1.29 is 4.79 Å².